The van der Waals surface area contributed by atoms with Crippen molar-refractivity contribution in [3.63, 3.8) is 0 Å². The Bertz CT molecular complexity index is 834. The van der Waals surface area contributed by atoms with Crippen LogP contribution in [0.5, 0.6) is 0 Å². The molecular formula is C21H31N5O5. The molecule has 31 heavy (non-hydrogen) atoms. The second-order valence-corrected chi connectivity index (χ2v) is 7.81. The first-order valence-corrected chi connectivity index (χ1v) is 10.1. The zero-order valence-electron chi connectivity index (χ0n) is 18.4. The highest BCUT2D eigenvalue weighted by Gasteiger charge is 2.42. The molecule has 3 unspecified atom stereocenters. The van der Waals surface area contributed by atoms with Gasteiger partial charge in [0.1, 0.15) is 17.8 Å². The van der Waals surface area contributed by atoms with E-state index >= 15 is 0 Å². The quantitative estimate of drug-likeness (QED) is 0.405. The highest BCUT2D eigenvalue weighted by molar-refractivity contribution is 5.98. The molecule has 3 N–H and O–H groups in total. The molecule has 0 aliphatic carbocycles. The Hall–Kier alpha value is -3.30. The fraction of sp³-hybridized carbons (Fsp3) is 0.524. The third-order valence-corrected chi connectivity index (χ3v) is 5.19. The van der Waals surface area contributed by atoms with Crippen LogP contribution >= 0.6 is 0 Å². The lowest BCUT2D eigenvalue weighted by atomic mass is 10.0. The van der Waals surface area contributed by atoms with Crippen molar-refractivity contribution < 1.29 is 23.9 Å². The first-order chi connectivity index (χ1) is 14.7. The smallest absolute Gasteiger partial charge is 0.328 e. The van der Waals surface area contributed by atoms with E-state index in [0.717, 1.165) is 0 Å². The van der Waals surface area contributed by atoms with Crippen LogP contribution in [0.2, 0.25) is 0 Å². The molecule has 2 rings (SSSR count). The lowest BCUT2D eigenvalue weighted by Crippen LogP contribution is -2.52. The second kappa shape index (κ2) is 10.6. The Morgan fingerprint density at radius 1 is 1.32 bits per heavy atom. The molecule has 4 amide bonds. The van der Waals surface area contributed by atoms with Crippen LogP contribution in [0, 0.1) is 5.92 Å². The molecular weight excluding hydrogens is 402 g/mol. The summed E-state index contributed by atoms with van der Waals surface area (Å²) >= 11 is 0. The van der Waals surface area contributed by atoms with Crippen LogP contribution in [-0.2, 0) is 21.4 Å². The van der Waals surface area contributed by atoms with Gasteiger partial charge in [0.05, 0.1) is 13.2 Å². The molecule has 10 nitrogen and oxygen atoms in total. The van der Waals surface area contributed by atoms with Gasteiger partial charge >= 0.3 is 12.0 Å². The first-order valence-electron chi connectivity index (χ1n) is 10.1. The summed E-state index contributed by atoms with van der Waals surface area (Å²) in [6, 6.07) is 0.876. The van der Waals surface area contributed by atoms with Gasteiger partial charge in [0, 0.05) is 26.3 Å². The Morgan fingerprint density at radius 3 is 2.58 bits per heavy atom. The van der Waals surface area contributed by atoms with Crippen molar-refractivity contribution in [1.82, 2.24) is 25.4 Å². The maximum Gasteiger partial charge on any atom is 0.328 e. The molecule has 0 bridgehead atoms. The molecule has 1 aromatic heterocycles. The molecule has 170 valence electrons. The fourth-order valence-corrected chi connectivity index (χ4v) is 3.52. The van der Waals surface area contributed by atoms with Gasteiger partial charge in [0.15, 0.2) is 0 Å². The number of hydrogen-bond donors (Lipinski definition) is 3. The molecule has 1 aliphatic heterocycles. The van der Waals surface area contributed by atoms with E-state index in [0.29, 0.717) is 12.2 Å². The first kappa shape index (κ1) is 24.0. The zero-order valence-corrected chi connectivity index (χ0v) is 18.4. The van der Waals surface area contributed by atoms with Gasteiger partial charge in [0.25, 0.3) is 5.91 Å². The number of methoxy groups -OCH3 is 1. The molecule has 1 saturated heterocycles. The molecule has 1 fully saturated rings. The number of carbonyl (C=O) groups excluding carboxylic acids is 4. The standard InChI is InChI=1S/C21H31N5O5/c1-6-9-22-21(30)23-14-11-16(18(27)24-17(13(2)3)20(29)31-5)26(12-14)19(28)15-8-7-10-25(15)4/h6-8,10,13-14,16-17H,1,9,11-12H2,2-5H3,(H,24,27)(H2,22,23,30). The number of amides is 4. The largest absolute Gasteiger partial charge is 0.467 e. The lowest BCUT2D eigenvalue weighted by molar-refractivity contribution is -0.146. The highest BCUT2D eigenvalue weighted by atomic mass is 16.5. The Kier molecular flexibility index (Phi) is 8.23. The molecule has 1 aromatic rings. The second-order valence-electron chi connectivity index (χ2n) is 7.81. The number of aryl methyl sites for hydroxylation is 1. The van der Waals surface area contributed by atoms with Gasteiger partial charge in [-0.3, -0.25) is 9.59 Å². The monoisotopic (exact) mass is 433 g/mol. The average Bonchev–Trinajstić information content (AvgIpc) is 3.35. The molecule has 0 spiro atoms. The van der Waals surface area contributed by atoms with Gasteiger partial charge in [-0.15, -0.1) is 6.58 Å². The summed E-state index contributed by atoms with van der Waals surface area (Å²) in [7, 11) is 3.00. The average molecular weight is 434 g/mol. The van der Waals surface area contributed by atoms with E-state index in [1.807, 2.05) is 0 Å². The topological polar surface area (TPSA) is 122 Å². The molecule has 0 radical (unpaired) electrons. The van der Waals surface area contributed by atoms with Gasteiger partial charge < -0.3 is 30.2 Å². The van der Waals surface area contributed by atoms with E-state index < -0.39 is 36.0 Å². The predicted molar refractivity (Wildman–Crippen MR) is 114 cm³/mol. The minimum absolute atomic E-state index is 0.161. The molecule has 1 aliphatic rings. The maximum absolute atomic E-state index is 13.1. The molecule has 10 heteroatoms. The minimum Gasteiger partial charge on any atom is -0.467 e. The van der Waals surface area contributed by atoms with Crippen molar-refractivity contribution in [2.24, 2.45) is 13.0 Å². The predicted octanol–water partition coefficient (Wildman–Crippen LogP) is 0.407. The summed E-state index contributed by atoms with van der Waals surface area (Å²) < 4.78 is 6.45. The normalized spacial score (nSPS) is 18.9. The number of likely N-dealkylation sites (tertiary alicyclic amines) is 1. The number of ether oxygens (including phenoxy) is 1. The number of rotatable bonds is 8. The van der Waals surface area contributed by atoms with Crippen molar-refractivity contribution in [2.45, 2.75) is 38.4 Å². The summed E-state index contributed by atoms with van der Waals surface area (Å²) in [6.07, 6.45) is 3.51. The fourth-order valence-electron chi connectivity index (χ4n) is 3.52. The van der Waals surface area contributed by atoms with Gasteiger partial charge in [-0.2, -0.15) is 0 Å². The molecule has 3 atom stereocenters. The maximum atomic E-state index is 13.1. The number of esters is 1. The van der Waals surface area contributed by atoms with Crippen LogP contribution in [0.4, 0.5) is 4.79 Å². The summed E-state index contributed by atoms with van der Waals surface area (Å²) in [4.78, 5) is 51.8. The third-order valence-electron chi connectivity index (χ3n) is 5.19. The minimum atomic E-state index is -0.849. The van der Waals surface area contributed by atoms with E-state index in [1.165, 1.54) is 12.0 Å². The van der Waals surface area contributed by atoms with Gasteiger partial charge in [-0.05, 0) is 24.5 Å². The van der Waals surface area contributed by atoms with Gasteiger partial charge in [-0.25, -0.2) is 9.59 Å². The highest BCUT2D eigenvalue weighted by Crippen LogP contribution is 2.22. The summed E-state index contributed by atoms with van der Waals surface area (Å²) in [6.45, 7) is 7.58. The Labute approximate surface area is 182 Å². The number of nitrogens with zero attached hydrogens (tertiary/aromatic N) is 2. The van der Waals surface area contributed by atoms with Crippen LogP contribution in [0.1, 0.15) is 30.8 Å². The number of nitrogens with one attached hydrogen (secondary N) is 3. The van der Waals surface area contributed by atoms with E-state index in [1.54, 1.807) is 49.9 Å². The number of carbonyl (C=O) groups is 4. The molecule has 0 saturated carbocycles. The van der Waals surface area contributed by atoms with Gasteiger partial charge in [0.2, 0.25) is 5.91 Å². The van der Waals surface area contributed by atoms with Crippen molar-refractivity contribution in [3.05, 3.63) is 36.7 Å². The summed E-state index contributed by atoms with van der Waals surface area (Å²) in [5.41, 5.74) is 0.419. The van der Waals surface area contributed by atoms with Crippen molar-refractivity contribution in [1.29, 1.82) is 0 Å². The van der Waals surface area contributed by atoms with Crippen LogP contribution in [0.3, 0.4) is 0 Å². The molecule has 2 heterocycles. The zero-order chi connectivity index (χ0) is 23.1. The van der Waals surface area contributed by atoms with E-state index in [9.17, 15) is 19.2 Å². The number of aromatic nitrogens is 1. The summed E-state index contributed by atoms with van der Waals surface area (Å²) in [5, 5.41) is 8.11. The lowest BCUT2D eigenvalue weighted by Gasteiger charge is -2.27. The SMILES string of the molecule is C=CCNC(=O)NC1CC(C(=O)NC(C(=O)OC)C(C)C)N(C(=O)c2cccn2C)C1. The van der Waals surface area contributed by atoms with Crippen molar-refractivity contribution >= 4 is 23.8 Å². The number of hydrogen-bond acceptors (Lipinski definition) is 5. The van der Waals surface area contributed by atoms with Crippen LogP contribution in [-0.4, -0.2) is 71.6 Å². The van der Waals surface area contributed by atoms with E-state index in [-0.39, 0.29) is 24.8 Å². The van der Waals surface area contributed by atoms with Crippen LogP contribution < -0.4 is 16.0 Å². The Morgan fingerprint density at radius 2 is 2.03 bits per heavy atom. The third kappa shape index (κ3) is 5.87. The summed E-state index contributed by atoms with van der Waals surface area (Å²) in [5.74, 6) is -1.56. The van der Waals surface area contributed by atoms with Crippen molar-refractivity contribution in [2.75, 3.05) is 20.2 Å². The van der Waals surface area contributed by atoms with Gasteiger partial charge in [-0.1, -0.05) is 19.9 Å². The van der Waals surface area contributed by atoms with Crippen LogP contribution in [0.15, 0.2) is 31.0 Å². The van der Waals surface area contributed by atoms with Crippen molar-refractivity contribution in [3.8, 4) is 0 Å². The number of urea groups is 1. The van der Waals surface area contributed by atoms with E-state index in [4.69, 9.17) is 4.74 Å². The Balaban J connectivity index is 2.22. The molecule has 0 aromatic carbocycles. The van der Waals surface area contributed by atoms with E-state index in [2.05, 4.69) is 22.5 Å². The van der Waals surface area contributed by atoms with Crippen LogP contribution in [0.25, 0.3) is 0 Å².